The Morgan fingerprint density at radius 1 is 1.17 bits per heavy atom. The van der Waals surface area contributed by atoms with Gasteiger partial charge in [0.15, 0.2) is 5.16 Å². The van der Waals surface area contributed by atoms with Crippen LogP contribution in [0, 0.1) is 11.8 Å². The number of aromatic nitrogens is 2. The van der Waals surface area contributed by atoms with Crippen LogP contribution in [0.4, 0.5) is 5.69 Å². The van der Waals surface area contributed by atoms with Crippen LogP contribution in [0.25, 0.3) is 0 Å². The molecule has 2 aliphatic carbocycles. The molecule has 10 heteroatoms. The number of methoxy groups -OCH3 is 1. The summed E-state index contributed by atoms with van der Waals surface area (Å²) in [5.41, 5.74) is 4.00. The van der Waals surface area contributed by atoms with Crippen molar-refractivity contribution < 1.29 is 23.7 Å². The molecule has 3 aromatic rings. The van der Waals surface area contributed by atoms with E-state index < -0.39 is 0 Å². The molecule has 1 saturated heterocycles. The van der Waals surface area contributed by atoms with Gasteiger partial charge in [-0.2, -0.15) is 0 Å². The van der Waals surface area contributed by atoms with Gasteiger partial charge in [-0.15, -0.1) is 0 Å². The molecule has 0 radical (unpaired) electrons. The Balaban J connectivity index is 1.08. The van der Waals surface area contributed by atoms with Crippen molar-refractivity contribution in [2.45, 2.75) is 80.8 Å². The molecule has 1 spiro atoms. The largest absolute Gasteiger partial charge is 0.490 e. The van der Waals surface area contributed by atoms with Gasteiger partial charge in [0.2, 0.25) is 0 Å². The second kappa shape index (κ2) is 14.3. The average molecular weight is 678 g/mol. The number of fused-ring (bicyclic) bond motifs is 3. The summed E-state index contributed by atoms with van der Waals surface area (Å²) < 4.78 is 24.7. The Kier molecular flexibility index (Phi) is 9.96. The first-order chi connectivity index (χ1) is 22.9. The Morgan fingerprint density at radius 3 is 2.85 bits per heavy atom. The Morgan fingerprint density at radius 2 is 2.04 bits per heavy atom. The number of halogens is 1. The van der Waals surface area contributed by atoms with E-state index in [4.69, 9.17) is 30.5 Å². The van der Waals surface area contributed by atoms with Gasteiger partial charge in [-0.1, -0.05) is 29.4 Å². The topological polar surface area (TPSA) is 83.0 Å². The maximum absolute atomic E-state index is 12.6. The van der Waals surface area contributed by atoms with E-state index >= 15 is 0 Å². The first-order valence-electron chi connectivity index (χ1n) is 17.0. The molecule has 1 saturated carbocycles. The minimum absolute atomic E-state index is 0.104. The molecule has 8 nitrogen and oxygen atoms in total. The summed E-state index contributed by atoms with van der Waals surface area (Å²) in [5, 5.41) is 1.57. The number of esters is 1. The Labute approximate surface area is 286 Å². The normalized spacial score (nSPS) is 27.5. The van der Waals surface area contributed by atoms with E-state index in [2.05, 4.69) is 33.9 Å². The number of anilines is 1. The van der Waals surface area contributed by atoms with Crippen LogP contribution in [0.5, 0.6) is 5.75 Å². The van der Waals surface area contributed by atoms with Gasteiger partial charge in [0.25, 0.3) is 0 Å². The first kappa shape index (κ1) is 32.7. The predicted octanol–water partition coefficient (Wildman–Crippen LogP) is 7.16. The monoisotopic (exact) mass is 677 g/mol. The molecule has 2 aromatic carbocycles. The molecule has 0 unspecified atom stereocenters. The minimum Gasteiger partial charge on any atom is -0.490 e. The number of carbonyl (C=O) groups is 1. The first-order valence-corrected chi connectivity index (χ1v) is 18.3. The van der Waals surface area contributed by atoms with Gasteiger partial charge in [-0.05, 0) is 105 Å². The van der Waals surface area contributed by atoms with Crippen molar-refractivity contribution in [3.8, 4) is 5.75 Å². The van der Waals surface area contributed by atoms with E-state index in [0.29, 0.717) is 24.0 Å². The van der Waals surface area contributed by atoms with Gasteiger partial charge in [0.1, 0.15) is 5.75 Å². The van der Waals surface area contributed by atoms with Crippen molar-refractivity contribution in [3.05, 3.63) is 76.6 Å². The quantitative estimate of drug-likeness (QED) is 0.133. The van der Waals surface area contributed by atoms with Crippen LogP contribution in [-0.2, 0) is 26.0 Å². The predicted molar refractivity (Wildman–Crippen MR) is 184 cm³/mol. The van der Waals surface area contributed by atoms with Crippen molar-refractivity contribution in [1.82, 2.24) is 9.97 Å². The molecule has 250 valence electrons. The van der Waals surface area contributed by atoms with Gasteiger partial charge >= 0.3 is 5.97 Å². The number of aryl methyl sites for hydroxylation is 1. The zero-order valence-corrected chi connectivity index (χ0v) is 28.8. The highest BCUT2D eigenvalue weighted by Crippen LogP contribution is 2.47. The SMILES string of the molecule is COC(=O)c1ccc2c(c1)N(C[C@@H]1CC[C@H]1[C@H]1C[C@H](O[C@@H](C)CSc3ncccn3)CCO1)C[C@@]1(CCCc3cc(Cl)ccc31)CO2. The molecule has 2 aliphatic heterocycles. The molecule has 47 heavy (non-hydrogen) atoms. The number of hydrogen-bond donors (Lipinski definition) is 0. The highest BCUT2D eigenvalue weighted by Gasteiger charge is 2.45. The van der Waals surface area contributed by atoms with Crippen molar-refractivity contribution in [2.24, 2.45) is 11.8 Å². The number of thioether (sulfide) groups is 1. The number of hydrogen-bond acceptors (Lipinski definition) is 9. The van der Waals surface area contributed by atoms with E-state index in [0.717, 1.165) is 92.0 Å². The van der Waals surface area contributed by atoms with Gasteiger partial charge in [-0.3, -0.25) is 0 Å². The van der Waals surface area contributed by atoms with Gasteiger partial charge < -0.3 is 23.8 Å². The van der Waals surface area contributed by atoms with Gasteiger partial charge in [0, 0.05) is 54.7 Å². The van der Waals surface area contributed by atoms with E-state index in [1.807, 2.05) is 30.3 Å². The third-order valence-electron chi connectivity index (χ3n) is 10.5. The summed E-state index contributed by atoms with van der Waals surface area (Å²) in [6.07, 6.45) is 11.3. The maximum atomic E-state index is 12.6. The fourth-order valence-electron chi connectivity index (χ4n) is 8.09. The molecule has 0 bridgehead atoms. The van der Waals surface area contributed by atoms with E-state index in [1.54, 1.807) is 24.2 Å². The standard InChI is InChI=1S/C37H44ClN3O5S/c1-24(21-47-36-39-14-4-15-40-36)46-29-12-16-44-34(19-29)30-9-6-27(30)20-41-22-37(13-3-5-25-17-28(38)8-10-31(25)37)23-45-33-11-7-26(18-32(33)41)35(42)43-2/h4,7-8,10-11,14-15,17-18,24,27,29-30,34H,3,5-6,9,12-13,16,19-23H2,1-2H3/t24-,27-,29+,30+,34+,37-/m0/s1. The average Bonchev–Trinajstić information content (AvgIpc) is 3.22. The van der Waals surface area contributed by atoms with Crippen molar-refractivity contribution in [2.75, 3.05) is 44.1 Å². The van der Waals surface area contributed by atoms with E-state index in [1.165, 1.54) is 18.2 Å². The summed E-state index contributed by atoms with van der Waals surface area (Å²) in [5.74, 6) is 2.24. The molecule has 0 N–H and O–H groups in total. The smallest absolute Gasteiger partial charge is 0.337 e. The summed E-state index contributed by atoms with van der Waals surface area (Å²) >= 11 is 8.09. The third kappa shape index (κ3) is 7.14. The lowest BCUT2D eigenvalue weighted by molar-refractivity contribution is -0.126. The van der Waals surface area contributed by atoms with Crippen LogP contribution in [0.2, 0.25) is 5.02 Å². The molecular weight excluding hydrogens is 634 g/mol. The number of carbonyl (C=O) groups excluding carboxylic acids is 1. The molecule has 6 atom stereocenters. The maximum Gasteiger partial charge on any atom is 0.337 e. The zero-order chi connectivity index (χ0) is 32.4. The van der Waals surface area contributed by atoms with Crippen LogP contribution < -0.4 is 9.64 Å². The lowest BCUT2D eigenvalue weighted by atomic mass is 9.67. The van der Waals surface area contributed by atoms with E-state index in [9.17, 15) is 4.79 Å². The van der Waals surface area contributed by atoms with E-state index in [-0.39, 0.29) is 29.7 Å². The van der Waals surface area contributed by atoms with Gasteiger partial charge in [-0.25, -0.2) is 14.8 Å². The number of benzene rings is 2. The highest BCUT2D eigenvalue weighted by molar-refractivity contribution is 7.99. The highest BCUT2D eigenvalue weighted by atomic mass is 35.5. The Hall–Kier alpha value is -2.85. The molecule has 0 amide bonds. The van der Waals surface area contributed by atoms with Gasteiger partial charge in [0.05, 0.1) is 43.3 Å². The molecule has 4 aliphatic rings. The molecule has 1 aromatic heterocycles. The summed E-state index contributed by atoms with van der Waals surface area (Å²) in [6, 6.07) is 13.9. The zero-order valence-electron chi connectivity index (χ0n) is 27.2. The van der Waals surface area contributed by atoms with Crippen LogP contribution in [0.1, 0.15) is 66.9 Å². The number of rotatable bonds is 9. The van der Waals surface area contributed by atoms with Crippen LogP contribution >= 0.6 is 23.4 Å². The van der Waals surface area contributed by atoms with Crippen LogP contribution in [-0.4, -0.2) is 73.4 Å². The summed E-state index contributed by atoms with van der Waals surface area (Å²) in [6.45, 7) is 5.16. The van der Waals surface area contributed by atoms with Crippen molar-refractivity contribution in [1.29, 1.82) is 0 Å². The Bertz CT molecular complexity index is 1560. The summed E-state index contributed by atoms with van der Waals surface area (Å²) in [4.78, 5) is 23.8. The summed E-state index contributed by atoms with van der Waals surface area (Å²) in [7, 11) is 1.43. The van der Waals surface area contributed by atoms with Crippen molar-refractivity contribution >= 4 is 35.0 Å². The second-order valence-electron chi connectivity index (χ2n) is 13.6. The molecule has 3 heterocycles. The molecule has 7 rings (SSSR count). The number of ether oxygens (including phenoxy) is 4. The van der Waals surface area contributed by atoms with Crippen LogP contribution in [0.3, 0.4) is 0 Å². The fourth-order valence-corrected chi connectivity index (χ4v) is 9.02. The lowest BCUT2D eigenvalue weighted by Crippen LogP contribution is -2.51. The lowest BCUT2D eigenvalue weighted by Gasteiger charge is -2.48. The van der Waals surface area contributed by atoms with Crippen LogP contribution in [0.15, 0.2) is 60.0 Å². The second-order valence-corrected chi connectivity index (χ2v) is 15.0. The van der Waals surface area contributed by atoms with Crippen molar-refractivity contribution in [3.63, 3.8) is 0 Å². The number of nitrogens with zero attached hydrogens (tertiary/aromatic N) is 3. The fraction of sp³-hybridized carbons (Fsp3) is 0.541. The minimum atomic E-state index is -0.337. The molecule has 2 fully saturated rings. The third-order valence-corrected chi connectivity index (χ3v) is 11.9. The molecular formula is C37H44ClN3O5S.